The maximum atomic E-state index is 5.49. The van der Waals surface area contributed by atoms with Gasteiger partial charge in [-0.05, 0) is 6.07 Å². The topological polar surface area (TPSA) is 94.5 Å². The van der Waals surface area contributed by atoms with Gasteiger partial charge in [-0.15, -0.1) is 5.10 Å². The first kappa shape index (κ1) is 9.69. The predicted octanol–water partition coefficient (Wildman–Crippen LogP) is -0.842. The Morgan fingerprint density at radius 1 is 1.53 bits per heavy atom. The van der Waals surface area contributed by atoms with E-state index in [2.05, 4.69) is 25.7 Å². The van der Waals surface area contributed by atoms with Crippen molar-refractivity contribution in [1.29, 1.82) is 0 Å². The van der Waals surface area contributed by atoms with E-state index in [0.29, 0.717) is 0 Å². The van der Waals surface area contributed by atoms with Crippen LogP contribution >= 0.6 is 0 Å². The van der Waals surface area contributed by atoms with Crippen molar-refractivity contribution in [1.82, 2.24) is 30.4 Å². The van der Waals surface area contributed by atoms with Gasteiger partial charge in [0.1, 0.15) is 12.4 Å². The van der Waals surface area contributed by atoms with Crippen LogP contribution in [0.25, 0.3) is 0 Å². The molecule has 15 heavy (non-hydrogen) atoms. The van der Waals surface area contributed by atoms with Gasteiger partial charge in [-0.3, -0.25) is 10.5 Å². The summed E-state index contributed by atoms with van der Waals surface area (Å²) in [4.78, 5) is 7.97. The Labute approximate surface area is 86.3 Å². The summed E-state index contributed by atoms with van der Waals surface area (Å²) in [5, 5.41) is 7.63. The lowest BCUT2D eigenvalue weighted by atomic mass is 10.1. The fourth-order valence-electron chi connectivity index (χ4n) is 1.35. The molecule has 0 bridgehead atoms. The minimum Gasteiger partial charge on any atom is -0.270 e. The van der Waals surface area contributed by atoms with Gasteiger partial charge in [-0.2, -0.15) is 0 Å². The minimum absolute atomic E-state index is 0.229. The molecule has 0 aliphatic heterocycles. The van der Waals surface area contributed by atoms with Gasteiger partial charge >= 0.3 is 0 Å². The van der Waals surface area contributed by atoms with E-state index >= 15 is 0 Å². The van der Waals surface area contributed by atoms with Gasteiger partial charge in [-0.1, -0.05) is 5.21 Å². The van der Waals surface area contributed by atoms with E-state index in [9.17, 15) is 0 Å². The number of aromatic nitrogens is 5. The van der Waals surface area contributed by atoms with Crippen molar-refractivity contribution < 1.29 is 0 Å². The highest BCUT2D eigenvalue weighted by molar-refractivity contribution is 5.17. The van der Waals surface area contributed by atoms with Gasteiger partial charge in [0.15, 0.2) is 0 Å². The number of hydrazine groups is 1. The summed E-state index contributed by atoms with van der Waals surface area (Å²) in [7, 11) is 1.80. The summed E-state index contributed by atoms with van der Waals surface area (Å²) in [6.07, 6.45) is 4.78. The molecule has 1 atom stereocenters. The molecule has 0 fully saturated rings. The fourth-order valence-corrected chi connectivity index (χ4v) is 1.35. The van der Waals surface area contributed by atoms with Crippen molar-refractivity contribution in [3.63, 3.8) is 0 Å². The van der Waals surface area contributed by atoms with Crippen molar-refractivity contribution in [2.45, 2.75) is 6.04 Å². The van der Waals surface area contributed by atoms with Crippen molar-refractivity contribution in [3.05, 3.63) is 36.2 Å². The molecule has 7 heteroatoms. The van der Waals surface area contributed by atoms with Crippen LogP contribution in [0.15, 0.2) is 24.8 Å². The third kappa shape index (κ3) is 1.83. The summed E-state index contributed by atoms with van der Waals surface area (Å²) in [5.41, 5.74) is 4.29. The van der Waals surface area contributed by atoms with E-state index < -0.39 is 0 Å². The van der Waals surface area contributed by atoms with Crippen LogP contribution in [0.5, 0.6) is 0 Å². The van der Waals surface area contributed by atoms with Gasteiger partial charge < -0.3 is 0 Å². The molecule has 78 valence electrons. The largest absolute Gasteiger partial charge is 0.270 e. The van der Waals surface area contributed by atoms with Gasteiger partial charge in [0.2, 0.25) is 0 Å². The lowest BCUT2D eigenvalue weighted by Gasteiger charge is -2.14. The molecule has 1 unspecified atom stereocenters. The first-order chi connectivity index (χ1) is 7.33. The molecular weight excluding hydrogens is 194 g/mol. The molecule has 0 spiro atoms. The number of aryl methyl sites for hydroxylation is 1. The lowest BCUT2D eigenvalue weighted by Crippen LogP contribution is -2.31. The van der Waals surface area contributed by atoms with Crippen LogP contribution in [-0.2, 0) is 7.05 Å². The third-order valence-corrected chi connectivity index (χ3v) is 2.11. The van der Waals surface area contributed by atoms with E-state index in [0.717, 1.165) is 11.4 Å². The van der Waals surface area contributed by atoms with Crippen LogP contribution in [0, 0.1) is 0 Å². The van der Waals surface area contributed by atoms with Gasteiger partial charge in [0.25, 0.3) is 0 Å². The van der Waals surface area contributed by atoms with Gasteiger partial charge in [0, 0.05) is 13.2 Å². The van der Waals surface area contributed by atoms with Crippen molar-refractivity contribution >= 4 is 0 Å². The zero-order chi connectivity index (χ0) is 10.7. The average Bonchev–Trinajstić information content (AvgIpc) is 2.68. The Balaban J connectivity index is 2.37. The van der Waals surface area contributed by atoms with Crippen molar-refractivity contribution in [2.75, 3.05) is 0 Å². The molecular formula is C8H11N7. The summed E-state index contributed by atoms with van der Waals surface area (Å²) < 4.78 is 1.65. The molecule has 2 aromatic rings. The van der Waals surface area contributed by atoms with Crippen LogP contribution in [0.3, 0.4) is 0 Å². The highest BCUT2D eigenvalue weighted by atomic mass is 15.4. The summed E-state index contributed by atoms with van der Waals surface area (Å²) >= 11 is 0. The molecule has 0 saturated carbocycles. The van der Waals surface area contributed by atoms with Gasteiger partial charge in [-0.25, -0.2) is 15.4 Å². The van der Waals surface area contributed by atoms with E-state index in [-0.39, 0.29) is 6.04 Å². The van der Waals surface area contributed by atoms with Crippen LogP contribution in [0.1, 0.15) is 17.4 Å². The number of nitrogens with zero attached hydrogens (tertiary/aromatic N) is 5. The smallest absolute Gasteiger partial charge is 0.115 e. The molecule has 0 saturated heterocycles. The van der Waals surface area contributed by atoms with E-state index in [1.54, 1.807) is 30.2 Å². The predicted molar refractivity (Wildman–Crippen MR) is 52.2 cm³/mol. The molecule has 0 aliphatic carbocycles. The average molecular weight is 205 g/mol. The van der Waals surface area contributed by atoms with Gasteiger partial charge in [0.05, 0.1) is 17.6 Å². The Bertz CT molecular complexity index is 424. The molecule has 2 aromatic heterocycles. The number of hydrogen-bond donors (Lipinski definition) is 2. The number of nitrogens with two attached hydrogens (primary N) is 1. The molecule has 0 amide bonds. The zero-order valence-corrected chi connectivity index (χ0v) is 8.20. The Hall–Kier alpha value is -1.86. The highest BCUT2D eigenvalue weighted by Crippen LogP contribution is 2.16. The standard InChI is InChI=1S/C8H11N7/c1-15-7(4-12-14-15)8(13-9)6-2-3-10-5-11-6/h2-5,8,13H,9H2,1H3. The van der Waals surface area contributed by atoms with Crippen LogP contribution < -0.4 is 11.3 Å². The Morgan fingerprint density at radius 3 is 2.93 bits per heavy atom. The van der Waals surface area contributed by atoms with Crippen LogP contribution in [0.2, 0.25) is 0 Å². The molecule has 2 heterocycles. The van der Waals surface area contributed by atoms with E-state index in [1.165, 1.54) is 6.33 Å². The number of rotatable bonds is 3. The quantitative estimate of drug-likeness (QED) is 0.501. The number of nitrogens with one attached hydrogen (secondary N) is 1. The second-order valence-corrected chi connectivity index (χ2v) is 3.02. The zero-order valence-electron chi connectivity index (χ0n) is 8.20. The van der Waals surface area contributed by atoms with Crippen molar-refractivity contribution in [2.24, 2.45) is 12.9 Å². The second kappa shape index (κ2) is 4.11. The first-order valence-corrected chi connectivity index (χ1v) is 4.39. The molecule has 0 radical (unpaired) electrons. The SMILES string of the molecule is Cn1nncc1C(NN)c1ccncn1. The van der Waals surface area contributed by atoms with E-state index in [1.807, 2.05) is 0 Å². The first-order valence-electron chi connectivity index (χ1n) is 4.39. The Morgan fingerprint density at radius 2 is 2.40 bits per heavy atom. The molecule has 0 aliphatic rings. The maximum Gasteiger partial charge on any atom is 0.115 e. The Kier molecular flexibility index (Phi) is 2.66. The molecule has 0 aromatic carbocycles. The maximum absolute atomic E-state index is 5.49. The van der Waals surface area contributed by atoms with E-state index in [4.69, 9.17) is 5.84 Å². The lowest BCUT2D eigenvalue weighted by molar-refractivity contribution is 0.559. The summed E-state index contributed by atoms with van der Waals surface area (Å²) in [5.74, 6) is 5.49. The summed E-state index contributed by atoms with van der Waals surface area (Å²) in [6, 6.07) is 1.56. The number of hydrogen-bond acceptors (Lipinski definition) is 6. The third-order valence-electron chi connectivity index (χ3n) is 2.11. The fraction of sp³-hybridized carbons (Fsp3) is 0.250. The second-order valence-electron chi connectivity index (χ2n) is 3.02. The minimum atomic E-state index is -0.229. The van der Waals surface area contributed by atoms with Crippen molar-refractivity contribution in [3.8, 4) is 0 Å². The summed E-state index contributed by atoms with van der Waals surface area (Å²) in [6.45, 7) is 0. The van der Waals surface area contributed by atoms with Crippen LogP contribution in [0.4, 0.5) is 0 Å². The molecule has 7 nitrogen and oxygen atoms in total. The van der Waals surface area contributed by atoms with Crippen LogP contribution in [-0.4, -0.2) is 25.0 Å². The molecule has 3 N–H and O–H groups in total. The highest BCUT2D eigenvalue weighted by Gasteiger charge is 2.17. The monoisotopic (exact) mass is 205 g/mol. The normalized spacial score (nSPS) is 12.7. The molecule has 2 rings (SSSR count).